The highest BCUT2D eigenvalue weighted by atomic mass is 35.5. The molecule has 7 heteroatoms. The van der Waals surface area contributed by atoms with Crippen LogP contribution in [0.3, 0.4) is 0 Å². The van der Waals surface area contributed by atoms with Crippen LogP contribution in [0.5, 0.6) is 0 Å². The second-order valence-electron chi connectivity index (χ2n) is 3.87. The van der Waals surface area contributed by atoms with Crippen LogP contribution >= 0.6 is 23.4 Å². The van der Waals surface area contributed by atoms with Gasteiger partial charge in [-0.25, -0.2) is 0 Å². The predicted octanol–water partition coefficient (Wildman–Crippen LogP) is 2.05. The smallest absolute Gasteiger partial charge is 0.213 e. The van der Waals surface area contributed by atoms with Crippen molar-refractivity contribution in [3.05, 3.63) is 11.6 Å². The van der Waals surface area contributed by atoms with Gasteiger partial charge in [0.15, 0.2) is 0 Å². The highest BCUT2D eigenvalue weighted by Crippen LogP contribution is 2.32. The molecule has 0 saturated carbocycles. The Balaban J connectivity index is 1.92. The molecule has 88 valence electrons. The molecule has 0 fully saturated rings. The number of rotatable bonds is 2. The molecule has 1 unspecified atom stereocenters. The summed E-state index contributed by atoms with van der Waals surface area (Å²) in [6.45, 7) is 3.73. The average Bonchev–Trinajstić information content (AvgIpc) is 2.70. The number of nitrogens with zero attached hydrogens (tertiary/aromatic N) is 4. The zero-order valence-electron chi connectivity index (χ0n) is 9.40. The highest BCUT2D eigenvalue weighted by molar-refractivity contribution is 8.13. The first-order chi connectivity index (χ1) is 7.48. The number of aromatic nitrogens is 3. The van der Waals surface area contributed by atoms with E-state index in [1.54, 1.807) is 18.7 Å². The van der Waals surface area contributed by atoms with Crippen LogP contribution in [0.1, 0.15) is 25.0 Å². The Hall–Kier alpha value is -0.750. The van der Waals surface area contributed by atoms with E-state index in [1.165, 1.54) is 0 Å². The predicted molar refractivity (Wildman–Crippen MR) is 64.4 cm³/mol. The maximum Gasteiger partial charge on any atom is 0.213 e. The zero-order valence-corrected chi connectivity index (χ0v) is 11.0. The fourth-order valence-electron chi connectivity index (χ4n) is 1.28. The second-order valence-corrected chi connectivity index (χ2v) is 5.71. The minimum atomic E-state index is -0.682. The van der Waals surface area contributed by atoms with Crippen LogP contribution in [0.2, 0.25) is 0 Å². The Bertz CT molecular complexity index is 429. The highest BCUT2D eigenvalue weighted by Gasteiger charge is 2.31. The van der Waals surface area contributed by atoms with Gasteiger partial charge in [-0.05, 0) is 13.8 Å². The van der Waals surface area contributed by atoms with Crippen LogP contribution in [0, 0.1) is 6.92 Å². The van der Waals surface area contributed by atoms with Gasteiger partial charge >= 0.3 is 0 Å². The number of hydrogen-bond acceptors (Lipinski definition) is 5. The van der Waals surface area contributed by atoms with Crippen LogP contribution in [-0.2, 0) is 17.6 Å². The van der Waals surface area contributed by atoms with Crippen molar-refractivity contribution in [3.8, 4) is 0 Å². The Labute approximate surface area is 103 Å². The fourth-order valence-corrected chi connectivity index (χ4v) is 2.54. The quantitative estimate of drug-likeness (QED) is 0.764. The molecule has 0 aliphatic carbocycles. The summed E-state index contributed by atoms with van der Waals surface area (Å²) < 4.78 is 1.96. The van der Waals surface area contributed by atoms with Gasteiger partial charge in [-0.1, -0.05) is 28.5 Å². The standard InChI is InChI=1S/C9H13ClN4OS/c1-6-11-12-7(14(6)3)5-16-8-4-9(2,10)15-13-8/h4-5H2,1-3H3. The van der Waals surface area contributed by atoms with Crippen LogP contribution in [0.15, 0.2) is 5.16 Å². The fraction of sp³-hybridized carbons (Fsp3) is 0.667. The summed E-state index contributed by atoms with van der Waals surface area (Å²) >= 11 is 7.58. The van der Waals surface area contributed by atoms with E-state index in [0.29, 0.717) is 6.42 Å². The minimum absolute atomic E-state index is 0.635. The van der Waals surface area contributed by atoms with E-state index in [2.05, 4.69) is 15.4 Å². The summed E-state index contributed by atoms with van der Waals surface area (Å²) in [6.07, 6.45) is 0.635. The van der Waals surface area contributed by atoms with Gasteiger partial charge in [0.1, 0.15) is 16.7 Å². The lowest BCUT2D eigenvalue weighted by Crippen LogP contribution is -2.14. The minimum Gasteiger partial charge on any atom is -0.372 e. The average molecular weight is 261 g/mol. The lowest BCUT2D eigenvalue weighted by molar-refractivity contribution is 0.0648. The molecule has 1 atom stereocenters. The van der Waals surface area contributed by atoms with E-state index in [-0.39, 0.29) is 0 Å². The van der Waals surface area contributed by atoms with Crippen LogP contribution < -0.4 is 0 Å². The van der Waals surface area contributed by atoms with Crippen molar-refractivity contribution in [2.75, 3.05) is 0 Å². The first-order valence-electron chi connectivity index (χ1n) is 4.89. The zero-order chi connectivity index (χ0) is 11.8. The van der Waals surface area contributed by atoms with Crippen LogP contribution in [0.25, 0.3) is 0 Å². The van der Waals surface area contributed by atoms with Gasteiger partial charge in [-0.3, -0.25) is 0 Å². The second kappa shape index (κ2) is 4.25. The summed E-state index contributed by atoms with van der Waals surface area (Å²) in [5.41, 5.74) is 0. The molecule has 2 rings (SSSR count). The van der Waals surface area contributed by atoms with E-state index >= 15 is 0 Å². The number of oxime groups is 1. The molecule has 0 spiro atoms. The van der Waals surface area contributed by atoms with Crippen molar-refractivity contribution in [1.82, 2.24) is 14.8 Å². The molecule has 1 aromatic heterocycles. The first kappa shape index (κ1) is 11.7. The molecule has 2 heterocycles. The van der Waals surface area contributed by atoms with E-state index in [1.807, 2.05) is 18.5 Å². The SMILES string of the molecule is Cc1nnc(CSC2=NOC(C)(Cl)C2)n1C. The monoisotopic (exact) mass is 260 g/mol. The molecule has 1 aliphatic heterocycles. The van der Waals surface area contributed by atoms with Crippen LogP contribution in [-0.4, -0.2) is 24.9 Å². The molecule has 0 amide bonds. The van der Waals surface area contributed by atoms with Crippen molar-refractivity contribution in [3.63, 3.8) is 0 Å². The number of aryl methyl sites for hydroxylation is 1. The molecule has 0 radical (unpaired) electrons. The van der Waals surface area contributed by atoms with Crippen molar-refractivity contribution < 1.29 is 4.84 Å². The lowest BCUT2D eigenvalue weighted by Gasteiger charge is -2.09. The number of halogens is 1. The molecule has 0 N–H and O–H groups in total. The summed E-state index contributed by atoms with van der Waals surface area (Å²) in [4.78, 5) is 5.07. The van der Waals surface area contributed by atoms with E-state index in [4.69, 9.17) is 16.4 Å². The van der Waals surface area contributed by atoms with Gasteiger partial charge in [0.05, 0.1) is 12.2 Å². The number of thioether (sulfide) groups is 1. The third kappa shape index (κ3) is 2.49. The van der Waals surface area contributed by atoms with E-state index in [9.17, 15) is 0 Å². The summed E-state index contributed by atoms with van der Waals surface area (Å²) in [6, 6.07) is 0. The third-order valence-corrected chi connectivity index (χ3v) is 3.51. The summed E-state index contributed by atoms with van der Waals surface area (Å²) in [5.74, 6) is 2.56. The Morgan fingerprint density at radius 1 is 1.56 bits per heavy atom. The summed E-state index contributed by atoms with van der Waals surface area (Å²) in [7, 11) is 1.95. The van der Waals surface area contributed by atoms with Gasteiger partial charge in [0.2, 0.25) is 5.06 Å². The van der Waals surface area contributed by atoms with Crippen LogP contribution in [0.4, 0.5) is 0 Å². The number of hydrogen-bond donors (Lipinski definition) is 0. The normalized spacial score (nSPS) is 24.4. The maximum atomic E-state index is 6.00. The topological polar surface area (TPSA) is 52.3 Å². The summed E-state index contributed by atoms with van der Waals surface area (Å²) in [5, 5.41) is 12.2. The molecular weight excluding hydrogens is 248 g/mol. The van der Waals surface area contributed by atoms with E-state index in [0.717, 1.165) is 22.4 Å². The Morgan fingerprint density at radius 3 is 2.81 bits per heavy atom. The van der Waals surface area contributed by atoms with Crippen molar-refractivity contribution in [2.24, 2.45) is 12.2 Å². The van der Waals surface area contributed by atoms with Gasteiger partial charge in [0.25, 0.3) is 0 Å². The third-order valence-electron chi connectivity index (χ3n) is 2.36. The largest absolute Gasteiger partial charge is 0.372 e. The molecule has 16 heavy (non-hydrogen) atoms. The molecule has 0 saturated heterocycles. The van der Waals surface area contributed by atoms with Gasteiger partial charge in [-0.15, -0.1) is 10.2 Å². The first-order valence-corrected chi connectivity index (χ1v) is 6.26. The lowest BCUT2D eigenvalue weighted by atomic mass is 10.3. The van der Waals surface area contributed by atoms with Crippen molar-refractivity contribution >= 4 is 28.4 Å². The number of alkyl halides is 1. The Kier molecular flexibility index (Phi) is 3.12. The molecule has 0 aromatic carbocycles. The molecule has 0 bridgehead atoms. The molecule has 1 aromatic rings. The van der Waals surface area contributed by atoms with Crippen molar-refractivity contribution in [1.29, 1.82) is 0 Å². The molecule has 5 nitrogen and oxygen atoms in total. The maximum absolute atomic E-state index is 6.00. The van der Waals surface area contributed by atoms with Gasteiger partial charge in [-0.2, -0.15) is 0 Å². The molecular formula is C9H13ClN4OS. The van der Waals surface area contributed by atoms with Crippen molar-refractivity contribution in [2.45, 2.75) is 31.1 Å². The Morgan fingerprint density at radius 2 is 2.31 bits per heavy atom. The van der Waals surface area contributed by atoms with Gasteiger partial charge in [0, 0.05) is 7.05 Å². The van der Waals surface area contributed by atoms with Gasteiger partial charge < -0.3 is 9.40 Å². The molecule has 1 aliphatic rings. The van der Waals surface area contributed by atoms with E-state index < -0.39 is 5.06 Å².